The molecule has 29 heavy (non-hydrogen) atoms. The zero-order valence-corrected chi connectivity index (χ0v) is 16.7. The van der Waals surface area contributed by atoms with Crippen molar-refractivity contribution in [2.24, 2.45) is 0 Å². The van der Waals surface area contributed by atoms with Crippen LogP contribution in [0.2, 0.25) is 0 Å². The molecule has 154 valence electrons. The number of hydrogen-bond donors (Lipinski definition) is 1. The third kappa shape index (κ3) is 4.45. The summed E-state index contributed by atoms with van der Waals surface area (Å²) < 4.78 is 34.5. The standard InChI is InChI=1S/C22H24F2N2O3/c1-13-10-25-11-14(2)26(13)22(28)29-12-19-20(23)9-8-18(21(19)24)17-6-4-16(5-7-17)15(3)27/h4-9,13-14,25H,10-12H2,1-3H3/t13-,14+. The van der Waals surface area contributed by atoms with Gasteiger partial charge >= 0.3 is 6.09 Å². The second-order valence-electron chi connectivity index (χ2n) is 7.34. The Bertz CT molecular complexity index is 905. The molecular weight excluding hydrogens is 378 g/mol. The van der Waals surface area contributed by atoms with E-state index in [1.807, 2.05) is 13.8 Å². The molecule has 0 bridgehead atoms. The Hall–Kier alpha value is -2.80. The number of ether oxygens (including phenoxy) is 1. The van der Waals surface area contributed by atoms with Crippen molar-refractivity contribution in [1.82, 2.24) is 10.2 Å². The average Bonchev–Trinajstić information content (AvgIpc) is 2.68. The number of benzene rings is 2. The van der Waals surface area contributed by atoms with Crippen molar-refractivity contribution >= 4 is 11.9 Å². The Morgan fingerprint density at radius 1 is 1.07 bits per heavy atom. The van der Waals surface area contributed by atoms with Crippen LogP contribution in [0.25, 0.3) is 11.1 Å². The van der Waals surface area contributed by atoms with E-state index in [1.165, 1.54) is 13.0 Å². The van der Waals surface area contributed by atoms with Gasteiger partial charge in [-0.1, -0.05) is 24.3 Å². The van der Waals surface area contributed by atoms with Crippen molar-refractivity contribution in [3.05, 3.63) is 59.2 Å². The van der Waals surface area contributed by atoms with Crippen LogP contribution in [0.15, 0.2) is 36.4 Å². The van der Waals surface area contributed by atoms with E-state index in [0.29, 0.717) is 24.2 Å². The van der Waals surface area contributed by atoms with Gasteiger partial charge in [-0.05, 0) is 38.5 Å². The number of rotatable bonds is 4. The summed E-state index contributed by atoms with van der Waals surface area (Å²) in [7, 11) is 0. The number of halogens is 2. The summed E-state index contributed by atoms with van der Waals surface area (Å²) in [4.78, 5) is 25.5. The first-order valence-electron chi connectivity index (χ1n) is 9.53. The van der Waals surface area contributed by atoms with Crippen molar-refractivity contribution in [2.75, 3.05) is 13.1 Å². The van der Waals surface area contributed by atoms with E-state index in [-0.39, 0.29) is 29.0 Å². The van der Waals surface area contributed by atoms with Crippen LogP contribution in [0.3, 0.4) is 0 Å². The van der Waals surface area contributed by atoms with Gasteiger partial charge < -0.3 is 15.0 Å². The molecule has 1 saturated heterocycles. The molecule has 0 aromatic heterocycles. The van der Waals surface area contributed by atoms with Gasteiger partial charge in [0, 0.05) is 36.3 Å². The number of nitrogens with zero attached hydrogens (tertiary/aromatic N) is 1. The highest BCUT2D eigenvalue weighted by Gasteiger charge is 2.30. The van der Waals surface area contributed by atoms with Crippen molar-refractivity contribution < 1.29 is 23.1 Å². The number of nitrogens with one attached hydrogen (secondary N) is 1. The highest BCUT2D eigenvalue weighted by Crippen LogP contribution is 2.28. The molecule has 7 heteroatoms. The molecule has 1 amide bonds. The molecule has 1 aliphatic rings. The third-order valence-corrected chi connectivity index (χ3v) is 5.17. The minimum absolute atomic E-state index is 0.0768. The molecule has 0 radical (unpaired) electrons. The molecule has 2 aromatic rings. The minimum Gasteiger partial charge on any atom is -0.444 e. The first-order chi connectivity index (χ1) is 13.8. The lowest BCUT2D eigenvalue weighted by molar-refractivity contribution is 0.0552. The van der Waals surface area contributed by atoms with E-state index >= 15 is 4.39 Å². The summed E-state index contributed by atoms with van der Waals surface area (Å²) in [5, 5.41) is 3.21. The van der Waals surface area contributed by atoms with Crippen LogP contribution in [0.1, 0.15) is 36.7 Å². The Kier molecular flexibility index (Phi) is 6.27. The van der Waals surface area contributed by atoms with Gasteiger partial charge in [-0.2, -0.15) is 0 Å². The topological polar surface area (TPSA) is 58.6 Å². The predicted octanol–water partition coefficient (Wildman–Crippen LogP) is 4.15. The maximum absolute atomic E-state index is 15.0. The molecule has 3 rings (SSSR count). The molecule has 1 heterocycles. The second-order valence-corrected chi connectivity index (χ2v) is 7.34. The molecule has 0 spiro atoms. The van der Waals surface area contributed by atoms with Crippen molar-refractivity contribution in [3.8, 4) is 11.1 Å². The van der Waals surface area contributed by atoms with Gasteiger partial charge in [0.05, 0.1) is 5.56 Å². The number of Topliss-reactive ketones (excluding diaryl/α,β-unsaturated/α-hetero) is 1. The van der Waals surface area contributed by atoms with E-state index in [1.54, 1.807) is 29.2 Å². The van der Waals surface area contributed by atoms with E-state index in [4.69, 9.17) is 4.74 Å². The molecule has 1 N–H and O–H groups in total. The smallest absolute Gasteiger partial charge is 0.410 e. The van der Waals surface area contributed by atoms with Crippen LogP contribution in [0.4, 0.5) is 13.6 Å². The van der Waals surface area contributed by atoms with E-state index in [9.17, 15) is 14.0 Å². The SMILES string of the molecule is CC(=O)c1ccc(-c2ccc(F)c(COC(=O)N3[C@H](C)CNC[C@@H]3C)c2F)cc1. The molecule has 5 nitrogen and oxygen atoms in total. The number of carbonyl (C=O) groups excluding carboxylic acids is 2. The molecule has 1 aliphatic heterocycles. The van der Waals surface area contributed by atoms with Crippen LogP contribution < -0.4 is 5.32 Å². The minimum atomic E-state index is -0.783. The molecule has 2 aromatic carbocycles. The molecule has 2 atom stereocenters. The maximum atomic E-state index is 15.0. The second kappa shape index (κ2) is 8.69. The molecule has 1 fully saturated rings. The highest BCUT2D eigenvalue weighted by atomic mass is 19.1. The van der Waals surface area contributed by atoms with Gasteiger partial charge in [0.15, 0.2) is 5.78 Å². The fourth-order valence-corrected chi connectivity index (χ4v) is 3.54. The van der Waals surface area contributed by atoms with Gasteiger partial charge in [-0.25, -0.2) is 13.6 Å². The summed E-state index contributed by atoms with van der Waals surface area (Å²) in [5.74, 6) is -1.66. The zero-order chi connectivity index (χ0) is 21.1. The molecule has 0 unspecified atom stereocenters. The van der Waals surface area contributed by atoms with Crippen LogP contribution in [-0.4, -0.2) is 41.9 Å². The third-order valence-electron chi connectivity index (χ3n) is 5.17. The normalized spacial score (nSPS) is 19.1. The monoisotopic (exact) mass is 402 g/mol. The van der Waals surface area contributed by atoms with Crippen molar-refractivity contribution in [2.45, 2.75) is 39.5 Å². The van der Waals surface area contributed by atoms with Crippen LogP contribution >= 0.6 is 0 Å². The van der Waals surface area contributed by atoms with Gasteiger partial charge in [-0.15, -0.1) is 0 Å². The lowest BCUT2D eigenvalue weighted by Crippen LogP contribution is -2.57. The van der Waals surface area contributed by atoms with Crippen LogP contribution in [-0.2, 0) is 11.3 Å². The summed E-state index contributed by atoms with van der Waals surface area (Å²) in [5.41, 5.74) is 0.882. The molecule has 0 aliphatic carbocycles. The lowest BCUT2D eigenvalue weighted by Gasteiger charge is -2.38. The highest BCUT2D eigenvalue weighted by molar-refractivity contribution is 5.94. The largest absolute Gasteiger partial charge is 0.444 e. The van der Waals surface area contributed by atoms with E-state index in [2.05, 4.69) is 5.32 Å². The quantitative estimate of drug-likeness (QED) is 0.781. The van der Waals surface area contributed by atoms with Crippen molar-refractivity contribution in [3.63, 3.8) is 0 Å². The van der Waals surface area contributed by atoms with Crippen molar-refractivity contribution in [1.29, 1.82) is 0 Å². The Morgan fingerprint density at radius 2 is 1.69 bits per heavy atom. The average molecular weight is 402 g/mol. The van der Waals surface area contributed by atoms with Gasteiger partial charge in [-0.3, -0.25) is 4.79 Å². The lowest BCUT2D eigenvalue weighted by atomic mass is 10.00. The number of ketones is 1. The van der Waals surface area contributed by atoms with Gasteiger partial charge in [0.1, 0.15) is 18.2 Å². The van der Waals surface area contributed by atoms with Crippen LogP contribution in [0, 0.1) is 11.6 Å². The Morgan fingerprint density at radius 3 is 2.28 bits per heavy atom. The number of piperazine rings is 1. The van der Waals surface area contributed by atoms with Gasteiger partial charge in [0.2, 0.25) is 0 Å². The van der Waals surface area contributed by atoms with Gasteiger partial charge in [0.25, 0.3) is 0 Å². The van der Waals surface area contributed by atoms with E-state index in [0.717, 1.165) is 6.07 Å². The Labute approximate surface area is 168 Å². The first kappa shape index (κ1) is 20.9. The number of carbonyl (C=O) groups is 2. The van der Waals surface area contributed by atoms with Crippen LogP contribution in [0.5, 0.6) is 0 Å². The fourth-order valence-electron chi connectivity index (χ4n) is 3.54. The van der Waals surface area contributed by atoms with E-state index < -0.39 is 24.3 Å². The number of hydrogen-bond acceptors (Lipinski definition) is 4. The fraction of sp³-hybridized carbons (Fsp3) is 0.364. The molecule has 0 saturated carbocycles. The summed E-state index contributed by atoms with van der Waals surface area (Å²) >= 11 is 0. The summed E-state index contributed by atoms with van der Waals surface area (Å²) in [6, 6.07) is 8.72. The first-order valence-corrected chi connectivity index (χ1v) is 9.53. The summed E-state index contributed by atoms with van der Waals surface area (Å²) in [6.07, 6.45) is -0.596. The predicted molar refractivity (Wildman–Crippen MR) is 106 cm³/mol. The summed E-state index contributed by atoms with van der Waals surface area (Å²) in [6.45, 7) is 5.98. The Balaban J connectivity index is 1.80. The molecular formula is C22H24F2N2O3. The maximum Gasteiger partial charge on any atom is 0.410 e. The zero-order valence-electron chi connectivity index (χ0n) is 16.7. The number of amides is 1.